The lowest BCUT2D eigenvalue weighted by Crippen LogP contribution is -2.25. The van der Waals surface area contributed by atoms with Gasteiger partial charge in [0.05, 0.1) is 35.2 Å². The molecule has 0 bridgehead atoms. The minimum absolute atomic E-state index is 0.122. The predicted octanol–water partition coefficient (Wildman–Crippen LogP) is 7.63. The fourth-order valence-corrected chi connectivity index (χ4v) is 6.52. The summed E-state index contributed by atoms with van der Waals surface area (Å²) in [6, 6.07) is 28.1. The molecule has 1 aliphatic heterocycles. The Kier molecular flexibility index (Phi) is 8.28. The molecular formula is C39H34FN7O2. The topological polar surface area (TPSA) is 112 Å². The van der Waals surface area contributed by atoms with Crippen molar-refractivity contribution >= 4 is 33.5 Å². The highest BCUT2D eigenvalue weighted by molar-refractivity contribution is 6.00. The number of hydrogen-bond acceptors (Lipinski definition) is 6. The van der Waals surface area contributed by atoms with Gasteiger partial charge >= 0.3 is 0 Å². The second-order valence-corrected chi connectivity index (χ2v) is 12.4. The van der Waals surface area contributed by atoms with Crippen molar-refractivity contribution in [3.05, 3.63) is 115 Å². The Morgan fingerprint density at radius 2 is 1.78 bits per heavy atom. The molecule has 9 nitrogen and oxygen atoms in total. The van der Waals surface area contributed by atoms with Gasteiger partial charge in [-0.3, -0.25) is 19.8 Å². The van der Waals surface area contributed by atoms with Crippen molar-refractivity contribution < 1.29 is 13.9 Å². The second-order valence-electron chi connectivity index (χ2n) is 12.4. The molecule has 1 fully saturated rings. The van der Waals surface area contributed by atoms with E-state index in [9.17, 15) is 9.18 Å². The van der Waals surface area contributed by atoms with E-state index in [1.54, 1.807) is 18.5 Å². The Labute approximate surface area is 282 Å². The zero-order chi connectivity index (χ0) is 33.2. The van der Waals surface area contributed by atoms with Crippen LogP contribution >= 0.6 is 0 Å². The van der Waals surface area contributed by atoms with Crippen molar-refractivity contribution in [3.8, 4) is 39.5 Å². The summed E-state index contributed by atoms with van der Waals surface area (Å²) in [5, 5.41) is 11.6. The van der Waals surface area contributed by atoms with Gasteiger partial charge in [0, 0.05) is 35.3 Å². The van der Waals surface area contributed by atoms with E-state index in [1.165, 1.54) is 18.9 Å². The normalized spacial score (nSPS) is 13.3. The lowest BCUT2D eigenvalue weighted by molar-refractivity contribution is -0.115. The van der Waals surface area contributed by atoms with Gasteiger partial charge in [0.1, 0.15) is 29.4 Å². The number of halogens is 1. The smallest absolute Gasteiger partial charge is 0.228 e. The van der Waals surface area contributed by atoms with Crippen LogP contribution in [0.4, 0.5) is 10.1 Å². The van der Waals surface area contributed by atoms with Gasteiger partial charge < -0.3 is 15.0 Å². The number of H-pyrrole nitrogens is 2. The number of carbonyl (C=O) groups excluding carboxylic acids is 1. The highest BCUT2D eigenvalue weighted by Gasteiger charge is 2.17. The first-order valence-corrected chi connectivity index (χ1v) is 16.5. The number of amides is 1. The second kappa shape index (κ2) is 13.3. The van der Waals surface area contributed by atoms with Crippen molar-refractivity contribution in [2.24, 2.45) is 0 Å². The van der Waals surface area contributed by atoms with Crippen molar-refractivity contribution in [3.63, 3.8) is 0 Å². The van der Waals surface area contributed by atoms with Gasteiger partial charge in [-0.05, 0) is 85.1 Å². The fraction of sp³-hybridized carbons (Fsp3) is 0.179. The van der Waals surface area contributed by atoms with Crippen LogP contribution in [-0.4, -0.2) is 62.2 Å². The molecule has 1 aliphatic rings. The molecule has 0 saturated carbocycles. The molecule has 10 heteroatoms. The quantitative estimate of drug-likeness (QED) is 0.140. The van der Waals surface area contributed by atoms with Crippen LogP contribution in [0.25, 0.3) is 55.7 Å². The zero-order valence-corrected chi connectivity index (χ0v) is 26.7. The molecule has 1 saturated heterocycles. The van der Waals surface area contributed by atoms with Gasteiger partial charge in [-0.25, -0.2) is 9.37 Å². The molecule has 244 valence electrons. The third-order valence-electron chi connectivity index (χ3n) is 8.91. The van der Waals surface area contributed by atoms with Crippen LogP contribution in [0.3, 0.4) is 0 Å². The maximum atomic E-state index is 14.9. The SMILES string of the molecule is O=C(Cc1ccccc1)Nc1cncc(-c2ccc3[nH]nc(-c4cc5c(-c6cc(F)cc(OCCN7CCCC7)c6)cccc5[nH]4)c3n2)c1. The molecule has 0 spiro atoms. The Morgan fingerprint density at radius 1 is 0.898 bits per heavy atom. The first-order chi connectivity index (χ1) is 24.1. The number of rotatable bonds is 10. The molecular weight excluding hydrogens is 617 g/mol. The number of carbonyl (C=O) groups is 1. The molecule has 1 amide bonds. The van der Waals surface area contributed by atoms with E-state index in [0.29, 0.717) is 34.9 Å². The third kappa shape index (κ3) is 6.63. The summed E-state index contributed by atoms with van der Waals surface area (Å²) >= 11 is 0. The number of nitrogens with zero attached hydrogens (tertiary/aromatic N) is 4. The summed E-state index contributed by atoms with van der Waals surface area (Å²) in [5.41, 5.74) is 8.38. The summed E-state index contributed by atoms with van der Waals surface area (Å²) < 4.78 is 20.8. The van der Waals surface area contributed by atoms with Crippen LogP contribution in [0, 0.1) is 5.82 Å². The highest BCUT2D eigenvalue weighted by Crippen LogP contribution is 2.36. The minimum atomic E-state index is -0.342. The van der Waals surface area contributed by atoms with Crippen LogP contribution in [0.1, 0.15) is 18.4 Å². The first-order valence-electron chi connectivity index (χ1n) is 16.5. The van der Waals surface area contributed by atoms with E-state index in [4.69, 9.17) is 9.72 Å². The standard InChI is InChI=1S/C39H34FN7O2/c40-28-18-26(20-30(21-28)49-16-15-47-13-4-5-14-47)31-9-6-10-34-32(31)22-36(43-34)39-38-35(45-46-39)12-11-33(44-38)27-19-29(24-41-23-27)42-37(48)17-25-7-2-1-3-8-25/h1-3,6-12,18-24,43H,4-5,13-17H2,(H,42,48)(H,45,46). The Bertz CT molecular complexity index is 2270. The van der Waals surface area contributed by atoms with E-state index in [2.05, 4.69) is 30.4 Å². The van der Waals surface area contributed by atoms with Gasteiger partial charge in [-0.2, -0.15) is 5.10 Å². The molecule has 0 unspecified atom stereocenters. The molecule has 0 radical (unpaired) electrons. The molecule has 3 N–H and O–H groups in total. The fourth-order valence-electron chi connectivity index (χ4n) is 6.52. The summed E-state index contributed by atoms with van der Waals surface area (Å²) in [6.07, 6.45) is 6.06. The number of aromatic amines is 2. The minimum Gasteiger partial charge on any atom is -0.492 e. The molecule has 0 atom stereocenters. The van der Waals surface area contributed by atoms with Crippen molar-refractivity contribution in [1.82, 2.24) is 30.0 Å². The van der Waals surface area contributed by atoms with Crippen LogP contribution in [0.5, 0.6) is 5.75 Å². The summed E-state index contributed by atoms with van der Waals surface area (Å²) in [4.78, 5) is 27.9. The molecule has 0 aliphatic carbocycles. The van der Waals surface area contributed by atoms with Crippen molar-refractivity contribution in [1.29, 1.82) is 0 Å². The number of nitrogens with one attached hydrogen (secondary N) is 3. The number of aromatic nitrogens is 5. The van der Waals surface area contributed by atoms with Gasteiger partial charge in [0.2, 0.25) is 5.91 Å². The average Bonchev–Trinajstić information content (AvgIpc) is 3.88. The first kappa shape index (κ1) is 30.5. The van der Waals surface area contributed by atoms with Gasteiger partial charge in [-0.1, -0.05) is 42.5 Å². The van der Waals surface area contributed by atoms with Crippen LogP contribution in [0.15, 0.2) is 103 Å². The van der Waals surface area contributed by atoms with Crippen LogP contribution < -0.4 is 10.1 Å². The maximum Gasteiger partial charge on any atom is 0.228 e. The van der Waals surface area contributed by atoms with E-state index in [-0.39, 0.29) is 18.1 Å². The van der Waals surface area contributed by atoms with Crippen LogP contribution in [-0.2, 0) is 11.2 Å². The third-order valence-corrected chi connectivity index (χ3v) is 8.91. The number of likely N-dealkylation sites (tertiary alicyclic amines) is 1. The molecule has 49 heavy (non-hydrogen) atoms. The number of pyridine rings is 2. The van der Waals surface area contributed by atoms with E-state index < -0.39 is 0 Å². The molecule has 3 aromatic carbocycles. The Balaban J connectivity index is 1.06. The van der Waals surface area contributed by atoms with E-state index >= 15 is 0 Å². The van der Waals surface area contributed by atoms with Crippen molar-refractivity contribution in [2.75, 3.05) is 31.6 Å². The van der Waals surface area contributed by atoms with Crippen LogP contribution in [0.2, 0.25) is 0 Å². The highest BCUT2D eigenvalue weighted by atomic mass is 19.1. The number of benzene rings is 3. The number of fused-ring (bicyclic) bond motifs is 2. The van der Waals surface area contributed by atoms with Crippen molar-refractivity contribution in [2.45, 2.75) is 19.3 Å². The largest absolute Gasteiger partial charge is 0.492 e. The zero-order valence-electron chi connectivity index (χ0n) is 26.7. The Hall–Kier alpha value is -5.87. The number of ether oxygens (including phenoxy) is 1. The van der Waals surface area contributed by atoms with Gasteiger partial charge in [-0.15, -0.1) is 0 Å². The Morgan fingerprint density at radius 3 is 2.65 bits per heavy atom. The number of anilines is 1. The van der Waals surface area contributed by atoms with E-state index in [1.807, 2.05) is 78.9 Å². The molecule has 4 aromatic heterocycles. The maximum absolute atomic E-state index is 14.9. The van der Waals surface area contributed by atoms with Gasteiger partial charge in [0.25, 0.3) is 0 Å². The number of hydrogen-bond donors (Lipinski definition) is 3. The summed E-state index contributed by atoms with van der Waals surface area (Å²) in [5.74, 6) is 0.0560. The molecule has 5 heterocycles. The predicted molar refractivity (Wildman–Crippen MR) is 190 cm³/mol. The van der Waals surface area contributed by atoms with Gasteiger partial charge in [0.15, 0.2) is 0 Å². The summed E-state index contributed by atoms with van der Waals surface area (Å²) in [7, 11) is 0. The lowest BCUT2D eigenvalue weighted by atomic mass is 10.0. The monoisotopic (exact) mass is 651 g/mol. The molecule has 8 rings (SSSR count). The molecule has 7 aromatic rings. The average molecular weight is 652 g/mol. The summed E-state index contributed by atoms with van der Waals surface area (Å²) in [6.45, 7) is 3.55. The lowest BCUT2D eigenvalue weighted by Gasteiger charge is -2.15. The van der Waals surface area contributed by atoms with E-state index in [0.717, 1.165) is 64.0 Å².